The summed E-state index contributed by atoms with van der Waals surface area (Å²) in [5, 5.41) is 3.11. The molecule has 0 atom stereocenters. The predicted molar refractivity (Wildman–Crippen MR) is 59.7 cm³/mol. The van der Waals surface area contributed by atoms with E-state index in [-0.39, 0.29) is 5.97 Å². The summed E-state index contributed by atoms with van der Waals surface area (Å²) < 4.78 is 4.55. The van der Waals surface area contributed by atoms with Crippen molar-refractivity contribution in [2.24, 2.45) is 5.92 Å². The van der Waals surface area contributed by atoms with Crippen molar-refractivity contribution >= 4 is 5.97 Å². The minimum absolute atomic E-state index is 0.182. The Balaban J connectivity index is 1.98. The van der Waals surface area contributed by atoms with Crippen LogP contribution in [-0.2, 0) is 9.53 Å². The number of esters is 1. The molecule has 1 N–H and O–H groups in total. The maximum atomic E-state index is 10.8. The van der Waals surface area contributed by atoms with E-state index in [0.29, 0.717) is 6.54 Å². The lowest BCUT2D eigenvalue weighted by Crippen LogP contribution is -2.32. The Hall–Kier alpha value is -0.610. The lowest BCUT2D eigenvalue weighted by molar-refractivity contribution is -0.139. The predicted octanol–water partition coefficient (Wildman–Crippen LogP) is 0.481. The minimum atomic E-state index is -0.182. The monoisotopic (exact) mass is 214 g/mol. The average Bonchev–Trinajstić information content (AvgIpc) is 2.26. The molecule has 15 heavy (non-hydrogen) atoms. The first-order valence-electron chi connectivity index (χ1n) is 5.68. The number of piperidine rings is 1. The third-order valence-electron chi connectivity index (χ3n) is 3.06. The summed E-state index contributed by atoms with van der Waals surface area (Å²) in [6.45, 7) is 3.68. The average molecular weight is 214 g/mol. The lowest BCUT2D eigenvalue weighted by Gasteiger charge is -2.28. The van der Waals surface area contributed by atoms with Crippen LogP contribution < -0.4 is 5.32 Å². The molecule has 1 fully saturated rings. The van der Waals surface area contributed by atoms with E-state index >= 15 is 0 Å². The molecule has 1 heterocycles. The molecule has 0 unspecified atom stereocenters. The van der Waals surface area contributed by atoms with Crippen molar-refractivity contribution in [1.29, 1.82) is 0 Å². The second kappa shape index (κ2) is 6.80. The zero-order chi connectivity index (χ0) is 11.1. The van der Waals surface area contributed by atoms with Gasteiger partial charge >= 0.3 is 5.97 Å². The molecule has 0 radical (unpaired) electrons. The van der Waals surface area contributed by atoms with Crippen molar-refractivity contribution in [2.75, 3.05) is 40.3 Å². The fraction of sp³-hybridized carbons (Fsp3) is 0.909. The molecular weight excluding hydrogens is 192 g/mol. The molecule has 0 amide bonds. The van der Waals surface area contributed by atoms with Gasteiger partial charge in [-0.3, -0.25) is 4.79 Å². The summed E-state index contributed by atoms with van der Waals surface area (Å²) in [5.74, 6) is 0.643. The highest BCUT2D eigenvalue weighted by Gasteiger charge is 2.15. The Bertz CT molecular complexity index is 189. The molecule has 1 saturated heterocycles. The van der Waals surface area contributed by atoms with Gasteiger partial charge < -0.3 is 15.0 Å². The number of nitrogens with zero attached hydrogens (tertiary/aromatic N) is 1. The molecule has 4 nitrogen and oxygen atoms in total. The van der Waals surface area contributed by atoms with Gasteiger partial charge in [0.1, 0.15) is 0 Å². The highest BCUT2D eigenvalue weighted by molar-refractivity contribution is 5.71. The normalized spacial score (nSPS) is 19.1. The van der Waals surface area contributed by atoms with Crippen LogP contribution in [0.4, 0.5) is 0 Å². The molecule has 1 rings (SSSR count). The van der Waals surface area contributed by atoms with E-state index in [1.54, 1.807) is 0 Å². The second-order valence-electron chi connectivity index (χ2n) is 4.29. The molecule has 0 aromatic heterocycles. The first-order chi connectivity index (χ1) is 7.22. The summed E-state index contributed by atoms with van der Waals surface area (Å²) in [7, 11) is 3.59. The zero-order valence-corrected chi connectivity index (χ0v) is 9.79. The summed E-state index contributed by atoms with van der Waals surface area (Å²) in [4.78, 5) is 13.2. The molecule has 1 aliphatic heterocycles. The Morgan fingerprint density at radius 2 is 2.13 bits per heavy atom. The van der Waals surface area contributed by atoms with Crippen molar-refractivity contribution in [3.05, 3.63) is 0 Å². The Morgan fingerprint density at radius 3 is 2.73 bits per heavy atom. The molecule has 1 aliphatic rings. The first-order valence-corrected chi connectivity index (χ1v) is 5.68. The van der Waals surface area contributed by atoms with Gasteiger partial charge in [0.2, 0.25) is 0 Å². The molecule has 0 spiro atoms. The van der Waals surface area contributed by atoms with Gasteiger partial charge in [-0.15, -0.1) is 0 Å². The number of nitrogens with one attached hydrogen (secondary N) is 1. The van der Waals surface area contributed by atoms with E-state index < -0.39 is 0 Å². The maximum Gasteiger partial charge on any atom is 0.319 e. The van der Waals surface area contributed by atoms with Crippen molar-refractivity contribution in [3.63, 3.8) is 0 Å². The van der Waals surface area contributed by atoms with E-state index in [1.807, 2.05) is 0 Å². The van der Waals surface area contributed by atoms with Gasteiger partial charge in [0.05, 0.1) is 13.7 Å². The van der Waals surface area contributed by atoms with Crippen LogP contribution in [0.3, 0.4) is 0 Å². The quantitative estimate of drug-likeness (QED) is 0.534. The topological polar surface area (TPSA) is 41.6 Å². The molecule has 88 valence electrons. The SMILES string of the molecule is COC(=O)CNCCC1CCN(C)CC1. The van der Waals surface area contributed by atoms with Crippen LogP contribution in [0, 0.1) is 5.92 Å². The molecular formula is C11H22N2O2. The molecule has 0 aromatic carbocycles. The van der Waals surface area contributed by atoms with E-state index in [0.717, 1.165) is 12.5 Å². The van der Waals surface area contributed by atoms with Gasteiger partial charge in [-0.2, -0.15) is 0 Å². The van der Waals surface area contributed by atoms with Gasteiger partial charge in [0, 0.05) is 0 Å². The smallest absolute Gasteiger partial charge is 0.319 e. The van der Waals surface area contributed by atoms with E-state index in [2.05, 4.69) is 22.0 Å². The van der Waals surface area contributed by atoms with Crippen LogP contribution in [0.2, 0.25) is 0 Å². The standard InChI is InChI=1S/C11H22N2O2/c1-13-7-4-10(5-8-13)3-6-12-9-11(14)15-2/h10,12H,3-9H2,1-2H3. The highest BCUT2D eigenvalue weighted by Crippen LogP contribution is 2.18. The van der Waals surface area contributed by atoms with Crippen LogP contribution in [0.5, 0.6) is 0 Å². The van der Waals surface area contributed by atoms with Crippen molar-refractivity contribution < 1.29 is 9.53 Å². The number of ether oxygens (including phenoxy) is 1. The number of hydrogen-bond donors (Lipinski definition) is 1. The first kappa shape index (κ1) is 12.5. The largest absolute Gasteiger partial charge is 0.468 e. The number of carbonyl (C=O) groups excluding carboxylic acids is 1. The van der Waals surface area contributed by atoms with Crippen molar-refractivity contribution in [3.8, 4) is 0 Å². The zero-order valence-electron chi connectivity index (χ0n) is 9.79. The Morgan fingerprint density at radius 1 is 1.47 bits per heavy atom. The Labute approximate surface area is 92.0 Å². The van der Waals surface area contributed by atoms with Crippen LogP contribution >= 0.6 is 0 Å². The van der Waals surface area contributed by atoms with Gasteiger partial charge in [0.25, 0.3) is 0 Å². The third-order valence-corrected chi connectivity index (χ3v) is 3.06. The summed E-state index contributed by atoms with van der Waals surface area (Å²) in [6.07, 6.45) is 3.75. The van der Waals surface area contributed by atoms with Gasteiger partial charge in [-0.05, 0) is 51.9 Å². The number of carbonyl (C=O) groups is 1. The summed E-state index contributed by atoms with van der Waals surface area (Å²) >= 11 is 0. The number of rotatable bonds is 5. The van der Waals surface area contributed by atoms with Gasteiger partial charge in [-0.1, -0.05) is 0 Å². The van der Waals surface area contributed by atoms with Crippen LogP contribution in [0.15, 0.2) is 0 Å². The van der Waals surface area contributed by atoms with Gasteiger partial charge in [0.15, 0.2) is 0 Å². The van der Waals surface area contributed by atoms with E-state index in [4.69, 9.17) is 0 Å². The number of methoxy groups -OCH3 is 1. The van der Waals surface area contributed by atoms with E-state index in [1.165, 1.54) is 39.5 Å². The third kappa shape index (κ3) is 5.14. The molecule has 0 saturated carbocycles. The fourth-order valence-corrected chi connectivity index (χ4v) is 1.92. The molecule has 0 bridgehead atoms. The van der Waals surface area contributed by atoms with Gasteiger partial charge in [-0.25, -0.2) is 0 Å². The van der Waals surface area contributed by atoms with Crippen molar-refractivity contribution in [1.82, 2.24) is 10.2 Å². The Kier molecular flexibility index (Phi) is 5.65. The van der Waals surface area contributed by atoms with Crippen LogP contribution in [-0.4, -0.2) is 51.2 Å². The summed E-state index contributed by atoms with van der Waals surface area (Å²) in [5.41, 5.74) is 0. The minimum Gasteiger partial charge on any atom is -0.468 e. The number of likely N-dealkylation sites (tertiary alicyclic amines) is 1. The highest BCUT2D eigenvalue weighted by atomic mass is 16.5. The van der Waals surface area contributed by atoms with Crippen LogP contribution in [0.25, 0.3) is 0 Å². The lowest BCUT2D eigenvalue weighted by atomic mass is 9.94. The molecule has 0 aromatic rings. The van der Waals surface area contributed by atoms with Crippen molar-refractivity contribution in [2.45, 2.75) is 19.3 Å². The summed E-state index contributed by atoms with van der Waals surface area (Å²) in [6, 6.07) is 0. The second-order valence-corrected chi connectivity index (χ2v) is 4.29. The van der Waals surface area contributed by atoms with Crippen LogP contribution in [0.1, 0.15) is 19.3 Å². The molecule has 0 aliphatic carbocycles. The van der Waals surface area contributed by atoms with E-state index in [9.17, 15) is 4.79 Å². The molecule has 4 heteroatoms. The fourth-order valence-electron chi connectivity index (χ4n) is 1.92. The maximum absolute atomic E-state index is 10.8. The number of hydrogen-bond acceptors (Lipinski definition) is 4.